The van der Waals surface area contributed by atoms with Crippen molar-refractivity contribution in [1.82, 2.24) is 0 Å². The smallest absolute Gasteiger partial charge is 0.345 e. The van der Waals surface area contributed by atoms with Gasteiger partial charge in [-0.2, -0.15) is 0 Å². The molecular weight excluding hydrogens is 440 g/mol. The van der Waals surface area contributed by atoms with Gasteiger partial charge in [0.15, 0.2) is 0 Å². The van der Waals surface area contributed by atoms with E-state index in [0.717, 1.165) is 43.1 Å². The quantitative estimate of drug-likeness (QED) is 0.238. The van der Waals surface area contributed by atoms with E-state index >= 15 is 0 Å². The summed E-state index contributed by atoms with van der Waals surface area (Å²) in [6.45, 7) is 5.84. The van der Waals surface area contributed by atoms with Crippen LogP contribution in [0.25, 0.3) is 0 Å². The lowest BCUT2D eigenvalue weighted by molar-refractivity contribution is -0.214. The van der Waals surface area contributed by atoms with Crippen LogP contribution in [0.1, 0.15) is 86.9 Å². The van der Waals surface area contributed by atoms with Gasteiger partial charge in [-0.1, -0.05) is 33.1 Å². The topological polar surface area (TPSA) is 97.4 Å². The number of hydrogen-bond acceptors (Lipinski definition) is 8. The van der Waals surface area contributed by atoms with Crippen molar-refractivity contribution in [3.63, 3.8) is 0 Å². The first kappa shape index (κ1) is 24.7. The van der Waals surface area contributed by atoms with Crippen LogP contribution in [0.3, 0.4) is 0 Å². The van der Waals surface area contributed by atoms with E-state index in [9.17, 15) is 14.4 Å². The predicted molar refractivity (Wildman–Crippen MR) is 122 cm³/mol. The van der Waals surface area contributed by atoms with Crippen molar-refractivity contribution in [2.45, 2.75) is 83.7 Å². The average molecular weight is 475 g/mol. The number of unbranched alkanes of at least 4 members (excludes halogenated alkanes) is 2. The zero-order chi connectivity index (χ0) is 24.5. The van der Waals surface area contributed by atoms with E-state index in [0.29, 0.717) is 31.6 Å². The monoisotopic (exact) mass is 474 g/mol. The van der Waals surface area contributed by atoms with Crippen molar-refractivity contribution >= 4 is 18.2 Å². The maximum atomic E-state index is 12.9. The number of rotatable bonds is 8. The highest BCUT2D eigenvalue weighted by Gasteiger charge is 2.56. The molecule has 34 heavy (non-hydrogen) atoms. The van der Waals surface area contributed by atoms with Crippen LogP contribution in [0.4, 0.5) is 0 Å². The minimum atomic E-state index is -1.05. The molecule has 0 bridgehead atoms. The largest absolute Gasteiger partial charge is 0.465 e. The number of methoxy groups -OCH3 is 1. The molecule has 1 aromatic rings. The highest BCUT2D eigenvalue weighted by atomic mass is 16.7. The van der Waals surface area contributed by atoms with Crippen LogP contribution in [0.2, 0.25) is 0 Å². The first-order valence-electron chi connectivity index (χ1n) is 12.2. The maximum absolute atomic E-state index is 12.9. The van der Waals surface area contributed by atoms with Gasteiger partial charge in [0.05, 0.1) is 25.9 Å². The Morgan fingerprint density at radius 3 is 2.76 bits per heavy atom. The van der Waals surface area contributed by atoms with E-state index in [1.165, 1.54) is 14.0 Å². The molecule has 0 aromatic heterocycles. The van der Waals surface area contributed by atoms with Crippen LogP contribution >= 0.6 is 0 Å². The number of aldehydes is 1. The van der Waals surface area contributed by atoms with Gasteiger partial charge in [-0.05, 0) is 30.4 Å². The first-order chi connectivity index (χ1) is 16.3. The van der Waals surface area contributed by atoms with Gasteiger partial charge >= 0.3 is 11.9 Å². The fourth-order valence-electron chi connectivity index (χ4n) is 5.51. The lowest BCUT2D eigenvalue weighted by atomic mass is 9.79. The molecule has 8 heteroatoms. The Morgan fingerprint density at radius 2 is 2.09 bits per heavy atom. The third-order valence-electron chi connectivity index (χ3n) is 7.35. The van der Waals surface area contributed by atoms with Crippen LogP contribution < -0.4 is 9.47 Å². The Hall–Kier alpha value is -2.45. The zero-order valence-electron chi connectivity index (χ0n) is 20.4. The molecule has 1 aromatic carbocycles. The molecule has 0 radical (unpaired) electrons. The predicted octanol–water partition coefficient (Wildman–Crippen LogP) is 4.31. The molecule has 5 atom stereocenters. The van der Waals surface area contributed by atoms with Gasteiger partial charge in [0.2, 0.25) is 5.79 Å². The lowest BCUT2D eigenvalue weighted by Gasteiger charge is -2.46. The third-order valence-corrected chi connectivity index (χ3v) is 7.35. The summed E-state index contributed by atoms with van der Waals surface area (Å²) in [6.07, 6.45) is 6.25. The van der Waals surface area contributed by atoms with Gasteiger partial charge in [-0.25, -0.2) is 4.79 Å². The molecule has 3 aliphatic rings. The summed E-state index contributed by atoms with van der Waals surface area (Å²) in [5, 5.41) is 0. The molecule has 186 valence electrons. The van der Waals surface area contributed by atoms with Crippen LogP contribution in [-0.2, 0) is 30.2 Å². The SMILES string of the molecule is CCCCC[C@@H]1Cc2cc(OC(C)=O)c(C(=O)OC)c3c2[C@H](C[C@]2(OC[C@@H](CC=O)[C@@H]2C)O3)O1. The number of carbonyl (C=O) groups excluding carboxylic acids is 3. The Bertz CT molecular complexity index is 957. The molecule has 0 aliphatic carbocycles. The normalized spacial score (nSPS) is 29.3. The third kappa shape index (κ3) is 4.45. The lowest BCUT2D eigenvalue weighted by Crippen LogP contribution is -2.48. The molecule has 3 heterocycles. The van der Waals surface area contributed by atoms with Crippen LogP contribution in [-0.4, -0.2) is 43.8 Å². The minimum absolute atomic E-state index is 0.000640. The van der Waals surface area contributed by atoms with E-state index in [2.05, 4.69) is 6.92 Å². The second-order valence-corrected chi connectivity index (χ2v) is 9.56. The zero-order valence-corrected chi connectivity index (χ0v) is 20.4. The van der Waals surface area contributed by atoms with Crippen molar-refractivity contribution in [3.8, 4) is 11.5 Å². The minimum Gasteiger partial charge on any atom is -0.465 e. The molecule has 4 rings (SSSR count). The van der Waals surface area contributed by atoms with E-state index in [1.54, 1.807) is 6.07 Å². The molecule has 1 spiro atoms. The van der Waals surface area contributed by atoms with Crippen LogP contribution in [0, 0.1) is 11.8 Å². The molecular formula is C26H34O8. The summed E-state index contributed by atoms with van der Waals surface area (Å²) >= 11 is 0. The van der Waals surface area contributed by atoms with Crippen molar-refractivity contribution < 1.29 is 38.1 Å². The number of hydrogen-bond donors (Lipinski definition) is 0. The van der Waals surface area contributed by atoms with Gasteiger partial charge in [0.25, 0.3) is 0 Å². The van der Waals surface area contributed by atoms with E-state index < -0.39 is 17.7 Å². The Kier molecular flexibility index (Phi) is 7.28. The Morgan fingerprint density at radius 1 is 1.29 bits per heavy atom. The summed E-state index contributed by atoms with van der Waals surface area (Å²) in [7, 11) is 1.27. The summed E-state index contributed by atoms with van der Waals surface area (Å²) in [4.78, 5) is 36.0. The second-order valence-electron chi connectivity index (χ2n) is 9.56. The second kappa shape index (κ2) is 10.0. The van der Waals surface area contributed by atoms with Crippen LogP contribution in [0.5, 0.6) is 11.5 Å². The van der Waals surface area contributed by atoms with E-state index in [4.69, 9.17) is 23.7 Å². The molecule has 8 nitrogen and oxygen atoms in total. The van der Waals surface area contributed by atoms with Crippen molar-refractivity contribution in [2.75, 3.05) is 13.7 Å². The molecule has 0 saturated carbocycles. The summed E-state index contributed by atoms with van der Waals surface area (Å²) in [5.74, 6) is -1.95. The van der Waals surface area contributed by atoms with Gasteiger partial charge < -0.3 is 28.5 Å². The van der Waals surface area contributed by atoms with Crippen LogP contribution in [0.15, 0.2) is 6.07 Å². The standard InChI is InChI=1S/C26H34O8/c1-5-6-7-8-19-11-18-12-20(32-16(3)28)23(25(29)30-4)24-22(18)21(33-19)13-26(34-24)15(2)17(9-10-27)14-31-26/h10,12,15,17,19,21H,5-9,11,13-14H2,1-4H3/t15-,17+,19+,21-,26-/m0/s1. The van der Waals surface area contributed by atoms with Gasteiger partial charge in [-0.3, -0.25) is 4.79 Å². The number of esters is 2. The highest BCUT2D eigenvalue weighted by molar-refractivity contribution is 5.97. The fourth-order valence-corrected chi connectivity index (χ4v) is 5.51. The van der Waals surface area contributed by atoms with Gasteiger partial charge in [0, 0.05) is 31.2 Å². The number of benzene rings is 1. The number of carbonyl (C=O) groups is 3. The van der Waals surface area contributed by atoms with Crippen molar-refractivity contribution in [1.29, 1.82) is 0 Å². The first-order valence-corrected chi connectivity index (χ1v) is 12.2. The molecule has 0 amide bonds. The van der Waals surface area contributed by atoms with E-state index in [-0.39, 0.29) is 35.4 Å². The molecule has 1 fully saturated rings. The number of ether oxygens (including phenoxy) is 5. The summed E-state index contributed by atoms with van der Waals surface area (Å²) in [6, 6.07) is 1.75. The molecule has 0 N–H and O–H groups in total. The summed E-state index contributed by atoms with van der Waals surface area (Å²) < 4.78 is 29.8. The highest BCUT2D eigenvalue weighted by Crippen LogP contribution is 2.55. The summed E-state index contributed by atoms with van der Waals surface area (Å²) in [5.41, 5.74) is 1.80. The molecule has 0 unspecified atom stereocenters. The van der Waals surface area contributed by atoms with Gasteiger partial charge in [0.1, 0.15) is 23.3 Å². The Labute approximate surface area is 200 Å². The van der Waals surface area contributed by atoms with Crippen molar-refractivity contribution in [2.24, 2.45) is 11.8 Å². The average Bonchev–Trinajstić information content (AvgIpc) is 3.07. The van der Waals surface area contributed by atoms with E-state index in [1.807, 2.05) is 6.92 Å². The molecule has 1 saturated heterocycles. The fraction of sp³-hybridized carbons (Fsp3) is 0.654. The van der Waals surface area contributed by atoms with Gasteiger partial charge in [-0.15, -0.1) is 0 Å². The maximum Gasteiger partial charge on any atom is 0.345 e. The molecule has 3 aliphatic heterocycles. The van der Waals surface area contributed by atoms with Crippen molar-refractivity contribution in [3.05, 3.63) is 22.8 Å². The Balaban J connectivity index is 1.82.